The van der Waals surface area contributed by atoms with Gasteiger partial charge in [0.2, 0.25) is 5.91 Å². The van der Waals surface area contributed by atoms with Crippen molar-refractivity contribution in [2.24, 2.45) is 0 Å². The molecule has 1 fully saturated rings. The van der Waals surface area contributed by atoms with E-state index in [1.54, 1.807) is 7.11 Å². The number of nitrogens with one attached hydrogen (secondary N) is 1. The van der Waals surface area contributed by atoms with Crippen molar-refractivity contribution in [1.82, 2.24) is 10.2 Å². The largest absolute Gasteiger partial charge is 0.494 e. The van der Waals surface area contributed by atoms with Crippen molar-refractivity contribution in [2.75, 3.05) is 46.5 Å². The SMILES string of the molecule is COCCc1ccc(OCCCC(=O)N2CCNCC2)cc1. The number of piperazine rings is 1. The molecule has 0 spiro atoms. The maximum Gasteiger partial charge on any atom is 0.222 e. The summed E-state index contributed by atoms with van der Waals surface area (Å²) in [7, 11) is 1.71. The lowest BCUT2D eigenvalue weighted by molar-refractivity contribution is -0.132. The molecule has 0 saturated carbocycles. The molecule has 122 valence electrons. The second kappa shape index (κ2) is 9.43. The second-order valence-electron chi connectivity index (χ2n) is 5.47. The highest BCUT2D eigenvalue weighted by Crippen LogP contribution is 2.13. The van der Waals surface area contributed by atoms with E-state index in [1.807, 2.05) is 17.0 Å². The molecule has 5 nitrogen and oxygen atoms in total. The zero-order valence-corrected chi connectivity index (χ0v) is 13.3. The van der Waals surface area contributed by atoms with E-state index in [0.717, 1.165) is 51.4 Å². The van der Waals surface area contributed by atoms with Crippen LogP contribution in [-0.4, -0.2) is 57.3 Å². The highest BCUT2D eigenvalue weighted by Gasteiger charge is 2.15. The van der Waals surface area contributed by atoms with Crippen LogP contribution in [0.4, 0.5) is 0 Å². The number of ether oxygens (including phenoxy) is 2. The normalized spacial score (nSPS) is 14.9. The highest BCUT2D eigenvalue weighted by molar-refractivity contribution is 5.76. The number of amides is 1. The van der Waals surface area contributed by atoms with Gasteiger partial charge < -0.3 is 19.7 Å². The molecule has 1 aromatic carbocycles. The monoisotopic (exact) mass is 306 g/mol. The summed E-state index contributed by atoms with van der Waals surface area (Å²) in [5, 5.41) is 3.25. The van der Waals surface area contributed by atoms with Gasteiger partial charge in [-0.05, 0) is 30.5 Å². The van der Waals surface area contributed by atoms with Crippen LogP contribution in [0.15, 0.2) is 24.3 Å². The molecule has 5 heteroatoms. The third kappa shape index (κ3) is 5.66. The van der Waals surface area contributed by atoms with Crippen LogP contribution < -0.4 is 10.1 Å². The lowest BCUT2D eigenvalue weighted by Crippen LogP contribution is -2.46. The molecular formula is C17H26N2O3. The summed E-state index contributed by atoms with van der Waals surface area (Å²) >= 11 is 0. The molecule has 0 aliphatic carbocycles. The standard InChI is InChI=1S/C17H26N2O3/c1-21-14-8-15-4-6-16(7-5-15)22-13-2-3-17(20)19-11-9-18-10-12-19/h4-7,18H,2-3,8-14H2,1H3. The Morgan fingerprint density at radius 3 is 2.59 bits per heavy atom. The van der Waals surface area contributed by atoms with E-state index < -0.39 is 0 Å². The lowest BCUT2D eigenvalue weighted by Gasteiger charge is -2.27. The number of methoxy groups -OCH3 is 1. The van der Waals surface area contributed by atoms with Crippen LogP contribution in [0.5, 0.6) is 5.75 Å². The van der Waals surface area contributed by atoms with Gasteiger partial charge in [-0.1, -0.05) is 12.1 Å². The molecule has 22 heavy (non-hydrogen) atoms. The summed E-state index contributed by atoms with van der Waals surface area (Å²) in [4.78, 5) is 13.9. The van der Waals surface area contributed by atoms with Crippen molar-refractivity contribution < 1.29 is 14.3 Å². The number of carbonyl (C=O) groups excluding carboxylic acids is 1. The Morgan fingerprint density at radius 2 is 1.91 bits per heavy atom. The van der Waals surface area contributed by atoms with Gasteiger partial charge in [-0.3, -0.25) is 4.79 Å². The third-order valence-corrected chi connectivity index (χ3v) is 3.79. The van der Waals surface area contributed by atoms with E-state index in [0.29, 0.717) is 13.0 Å². The molecule has 0 atom stereocenters. The summed E-state index contributed by atoms with van der Waals surface area (Å²) in [6, 6.07) is 8.06. The van der Waals surface area contributed by atoms with E-state index >= 15 is 0 Å². The van der Waals surface area contributed by atoms with Crippen molar-refractivity contribution in [3.8, 4) is 5.75 Å². The van der Waals surface area contributed by atoms with E-state index in [4.69, 9.17) is 9.47 Å². The molecule has 1 aliphatic rings. The fourth-order valence-corrected chi connectivity index (χ4v) is 2.46. The number of nitrogens with zero attached hydrogens (tertiary/aromatic N) is 1. The van der Waals surface area contributed by atoms with Crippen LogP contribution >= 0.6 is 0 Å². The molecular weight excluding hydrogens is 280 g/mol. The summed E-state index contributed by atoms with van der Waals surface area (Å²) < 4.78 is 10.7. The predicted molar refractivity (Wildman–Crippen MR) is 86.2 cm³/mol. The summed E-state index contributed by atoms with van der Waals surface area (Å²) in [6.45, 7) is 4.75. The average molecular weight is 306 g/mol. The van der Waals surface area contributed by atoms with E-state index in [9.17, 15) is 4.79 Å². The molecule has 1 saturated heterocycles. The Balaban J connectivity index is 1.62. The second-order valence-corrected chi connectivity index (χ2v) is 5.47. The fraction of sp³-hybridized carbons (Fsp3) is 0.588. The Morgan fingerprint density at radius 1 is 1.18 bits per heavy atom. The molecule has 1 aliphatic heterocycles. The van der Waals surface area contributed by atoms with Crippen LogP contribution in [0.1, 0.15) is 18.4 Å². The van der Waals surface area contributed by atoms with Gasteiger partial charge in [0.1, 0.15) is 5.75 Å². The zero-order chi connectivity index (χ0) is 15.6. The van der Waals surface area contributed by atoms with Crippen molar-refractivity contribution in [1.29, 1.82) is 0 Å². The molecule has 0 aromatic heterocycles. The maximum atomic E-state index is 12.0. The zero-order valence-electron chi connectivity index (χ0n) is 13.3. The number of benzene rings is 1. The van der Waals surface area contributed by atoms with Crippen molar-refractivity contribution in [2.45, 2.75) is 19.3 Å². The van der Waals surface area contributed by atoms with Gasteiger partial charge in [0, 0.05) is 39.7 Å². The van der Waals surface area contributed by atoms with Gasteiger partial charge >= 0.3 is 0 Å². The van der Waals surface area contributed by atoms with Crippen LogP contribution in [0, 0.1) is 0 Å². The van der Waals surface area contributed by atoms with Crippen molar-refractivity contribution in [3.63, 3.8) is 0 Å². The number of rotatable bonds is 8. The van der Waals surface area contributed by atoms with Crippen LogP contribution in [-0.2, 0) is 16.0 Å². The van der Waals surface area contributed by atoms with Crippen molar-refractivity contribution in [3.05, 3.63) is 29.8 Å². The van der Waals surface area contributed by atoms with Crippen LogP contribution in [0.3, 0.4) is 0 Å². The first-order valence-electron chi connectivity index (χ1n) is 7.99. The molecule has 0 bridgehead atoms. The number of carbonyl (C=O) groups is 1. The maximum absolute atomic E-state index is 12.0. The number of hydrogen-bond acceptors (Lipinski definition) is 4. The molecule has 1 heterocycles. The molecule has 1 aromatic rings. The molecule has 1 amide bonds. The van der Waals surface area contributed by atoms with Crippen LogP contribution in [0.25, 0.3) is 0 Å². The average Bonchev–Trinajstić information content (AvgIpc) is 2.58. The summed E-state index contributed by atoms with van der Waals surface area (Å²) in [5.74, 6) is 1.09. The first kappa shape index (κ1) is 16.8. The first-order valence-corrected chi connectivity index (χ1v) is 7.99. The highest BCUT2D eigenvalue weighted by atomic mass is 16.5. The van der Waals surface area contributed by atoms with Gasteiger partial charge in [-0.25, -0.2) is 0 Å². The molecule has 0 unspecified atom stereocenters. The Labute approximate surface area is 132 Å². The topological polar surface area (TPSA) is 50.8 Å². The summed E-state index contributed by atoms with van der Waals surface area (Å²) in [6.07, 6.45) is 2.23. The smallest absolute Gasteiger partial charge is 0.222 e. The van der Waals surface area contributed by atoms with Gasteiger partial charge in [-0.2, -0.15) is 0 Å². The quantitative estimate of drug-likeness (QED) is 0.739. The summed E-state index contributed by atoms with van der Waals surface area (Å²) in [5.41, 5.74) is 1.24. The molecule has 1 N–H and O–H groups in total. The Hall–Kier alpha value is -1.59. The van der Waals surface area contributed by atoms with Crippen molar-refractivity contribution >= 4 is 5.91 Å². The number of hydrogen-bond donors (Lipinski definition) is 1. The van der Waals surface area contributed by atoms with E-state index in [2.05, 4.69) is 17.4 Å². The van der Waals surface area contributed by atoms with Gasteiger partial charge in [0.05, 0.1) is 13.2 Å². The van der Waals surface area contributed by atoms with Crippen LogP contribution in [0.2, 0.25) is 0 Å². The first-order chi connectivity index (χ1) is 10.8. The minimum atomic E-state index is 0.236. The Bertz CT molecular complexity index is 442. The van der Waals surface area contributed by atoms with Gasteiger partial charge in [0.15, 0.2) is 0 Å². The lowest BCUT2D eigenvalue weighted by atomic mass is 10.1. The van der Waals surface area contributed by atoms with E-state index in [1.165, 1.54) is 5.56 Å². The fourth-order valence-electron chi connectivity index (χ4n) is 2.46. The minimum Gasteiger partial charge on any atom is -0.494 e. The predicted octanol–water partition coefficient (Wildman–Crippen LogP) is 1.47. The Kier molecular flexibility index (Phi) is 7.19. The molecule has 0 radical (unpaired) electrons. The molecule has 2 rings (SSSR count). The third-order valence-electron chi connectivity index (χ3n) is 3.79. The van der Waals surface area contributed by atoms with Gasteiger partial charge in [0.25, 0.3) is 0 Å². The minimum absolute atomic E-state index is 0.236. The van der Waals surface area contributed by atoms with E-state index in [-0.39, 0.29) is 5.91 Å². The van der Waals surface area contributed by atoms with Gasteiger partial charge in [-0.15, -0.1) is 0 Å².